The van der Waals surface area contributed by atoms with E-state index in [2.05, 4.69) is 24.3 Å². The van der Waals surface area contributed by atoms with Crippen LogP contribution in [0.4, 0.5) is 0 Å². The van der Waals surface area contributed by atoms with Crippen LogP contribution in [0.2, 0.25) is 10.0 Å². The fraction of sp³-hybridized carbons (Fsp3) is 0.552. The van der Waals surface area contributed by atoms with E-state index in [4.69, 9.17) is 23.2 Å². The summed E-state index contributed by atoms with van der Waals surface area (Å²) in [5.74, 6) is 3.30. The lowest BCUT2D eigenvalue weighted by molar-refractivity contribution is -0.119. The van der Waals surface area contributed by atoms with Gasteiger partial charge in [-0.05, 0) is 123 Å². The molecule has 0 amide bonds. The lowest BCUT2D eigenvalue weighted by Crippen LogP contribution is -2.16. The van der Waals surface area contributed by atoms with Crippen molar-refractivity contribution in [2.45, 2.75) is 88.9 Å². The van der Waals surface area contributed by atoms with Gasteiger partial charge in [0.2, 0.25) is 0 Å². The molecule has 0 unspecified atom stereocenters. The zero-order valence-corrected chi connectivity index (χ0v) is 20.6. The van der Waals surface area contributed by atoms with Crippen molar-refractivity contribution in [3.63, 3.8) is 0 Å². The molecule has 0 saturated heterocycles. The van der Waals surface area contributed by atoms with Crippen LogP contribution in [-0.4, -0.2) is 5.78 Å². The van der Waals surface area contributed by atoms with Gasteiger partial charge in [-0.25, -0.2) is 0 Å². The highest BCUT2D eigenvalue weighted by Gasteiger charge is 2.24. The summed E-state index contributed by atoms with van der Waals surface area (Å²) in [5.41, 5.74) is 2.85. The Morgan fingerprint density at radius 3 is 1.28 bits per heavy atom. The Morgan fingerprint density at radius 1 is 0.594 bits per heavy atom. The van der Waals surface area contributed by atoms with Gasteiger partial charge in [0.1, 0.15) is 5.78 Å². The average Bonchev–Trinajstić information content (AvgIpc) is 2.83. The molecule has 0 N–H and O–H groups in total. The van der Waals surface area contributed by atoms with E-state index in [-0.39, 0.29) is 0 Å². The van der Waals surface area contributed by atoms with Crippen LogP contribution in [0.25, 0.3) is 0 Å². The third-order valence-corrected chi connectivity index (χ3v) is 8.54. The molecule has 2 aromatic rings. The zero-order chi connectivity index (χ0) is 22.3. The number of Topliss-reactive ketones (excluding diaryl/α,β-unsaturated/α-hetero) is 1. The maximum atomic E-state index is 12.5. The average molecular weight is 472 g/mol. The van der Waals surface area contributed by atoms with Crippen LogP contribution in [-0.2, 0) is 4.79 Å². The van der Waals surface area contributed by atoms with E-state index in [0.29, 0.717) is 17.6 Å². The molecule has 0 spiro atoms. The zero-order valence-electron chi connectivity index (χ0n) is 19.1. The molecule has 0 bridgehead atoms. The van der Waals surface area contributed by atoms with Gasteiger partial charge in [0, 0.05) is 22.9 Å². The van der Waals surface area contributed by atoms with Crippen LogP contribution in [0, 0.1) is 11.8 Å². The van der Waals surface area contributed by atoms with Crippen molar-refractivity contribution in [3.05, 3.63) is 69.7 Å². The Kier molecular flexibility index (Phi) is 8.72. The van der Waals surface area contributed by atoms with E-state index in [1.165, 1.54) is 62.5 Å². The fourth-order valence-electron chi connectivity index (χ4n) is 5.89. The lowest BCUT2D eigenvalue weighted by atomic mass is 9.76. The van der Waals surface area contributed by atoms with Crippen molar-refractivity contribution in [2.24, 2.45) is 11.8 Å². The molecule has 2 fully saturated rings. The van der Waals surface area contributed by atoms with E-state index in [9.17, 15) is 4.79 Å². The molecule has 0 heterocycles. The highest BCUT2D eigenvalue weighted by Crippen LogP contribution is 2.39. The number of carbonyl (C=O) groups excluding carboxylic acids is 1. The van der Waals surface area contributed by atoms with E-state index in [0.717, 1.165) is 47.6 Å². The van der Waals surface area contributed by atoms with Crippen molar-refractivity contribution in [3.8, 4) is 0 Å². The first-order chi connectivity index (χ1) is 15.6. The summed E-state index contributed by atoms with van der Waals surface area (Å²) in [6, 6.07) is 16.7. The first-order valence-corrected chi connectivity index (χ1v) is 13.3. The van der Waals surface area contributed by atoms with Crippen molar-refractivity contribution in [2.75, 3.05) is 0 Å². The number of carbonyl (C=O) groups is 1. The molecule has 2 aromatic carbocycles. The maximum absolute atomic E-state index is 12.5. The van der Waals surface area contributed by atoms with Crippen LogP contribution in [0.1, 0.15) is 100 Å². The Hall–Kier alpha value is -1.31. The minimum atomic E-state index is 0.490. The number of ketones is 1. The number of halogens is 2. The number of benzene rings is 2. The molecule has 0 aromatic heterocycles. The van der Waals surface area contributed by atoms with Gasteiger partial charge in [-0.15, -0.1) is 0 Å². The molecule has 3 heteroatoms. The third-order valence-electron chi connectivity index (χ3n) is 8.04. The second-order valence-electron chi connectivity index (χ2n) is 10.2. The Labute approximate surface area is 203 Å². The summed E-state index contributed by atoms with van der Waals surface area (Å²) in [5, 5.41) is 1.63. The minimum Gasteiger partial charge on any atom is -0.300 e. The van der Waals surface area contributed by atoms with Gasteiger partial charge in [0.15, 0.2) is 0 Å². The monoisotopic (exact) mass is 470 g/mol. The quantitative estimate of drug-likeness (QED) is 0.375. The summed E-state index contributed by atoms with van der Waals surface area (Å²) >= 11 is 12.0. The third kappa shape index (κ3) is 6.84. The highest BCUT2D eigenvalue weighted by molar-refractivity contribution is 6.30. The number of rotatable bonds is 8. The first-order valence-electron chi connectivity index (χ1n) is 12.6. The first kappa shape index (κ1) is 23.8. The largest absolute Gasteiger partial charge is 0.300 e. The van der Waals surface area contributed by atoms with Crippen LogP contribution >= 0.6 is 23.2 Å². The molecule has 2 aliphatic carbocycles. The second kappa shape index (κ2) is 11.7. The van der Waals surface area contributed by atoms with Gasteiger partial charge in [0.05, 0.1) is 0 Å². The van der Waals surface area contributed by atoms with Gasteiger partial charge in [-0.1, -0.05) is 47.5 Å². The minimum absolute atomic E-state index is 0.490. The molecule has 172 valence electrons. The standard InChI is InChI=1S/C29H36Cl2O/c30-27-15-11-25(12-16-27)23-7-1-21(2-8-23)5-19-29(32)20-6-22-3-9-24(10-4-22)26-13-17-28(31)18-14-26/h11-18,21-24H,1-10,19-20H2. The lowest BCUT2D eigenvalue weighted by Gasteiger charge is -2.29. The van der Waals surface area contributed by atoms with E-state index >= 15 is 0 Å². The molecule has 4 rings (SSSR count). The maximum Gasteiger partial charge on any atom is 0.132 e. The predicted octanol–water partition coefficient (Wildman–Crippen LogP) is 9.37. The molecule has 0 radical (unpaired) electrons. The molecular weight excluding hydrogens is 435 g/mol. The van der Waals surface area contributed by atoms with Crippen LogP contribution in [0.15, 0.2) is 48.5 Å². The molecule has 0 aliphatic heterocycles. The van der Waals surface area contributed by atoms with E-state index in [1.807, 2.05) is 24.3 Å². The normalized spacial score (nSPS) is 26.1. The van der Waals surface area contributed by atoms with Gasteiger partial charge in [0.25, 0.3) is 0 Å². The summed E-state index contributed by atoms with van der Waals surface area (Å²) in [7, 11) is 0. The SMILES string of the molecule is O=C(CCC1CCC(c2ccc(Cl)cc2)CC1)CCC1CCC(c2ccc(Cl)cc2)CC1. The Balaban J connectivity index is 1.10. The summed E-state index contributed by atoms with van der Waals surface area (Å²) in [6.07, 6.45) is 13.8. The molecule has 2 aliphatic rings. The van der Waals surface area contributed by atoms with E-state index in [1.54, 1.807) is 0 Å². The number of hydrogen-bond donors (Lipinski definition) is 0. The summed E-state index contributed by atoms with van der Waals surface area (Å²) < 4.78 is 0. The topological polar surface area (TPSA) is 17.1 Å². The van der Waals surface area contributed by atoms with Crippen molar-refractivity contribution in [1.82, 2.24) is 0 Å². The summed E-state index contributed by atoms with van der Waals surface area (Å²) in [6.45, 7) is 0. The molecule has 1 nitrogen and oxygen atoms in total. The molecule has 32 heavy (non-hydrogen) atoms. The van der Waals surface area contributed by atoms with Crippen molar-refractivity contribution < 1.29 is 4.79 Å². The van der Waals surface area contributed by atoms with Crippen molar-refractivity contribution >= 4 is 29.0 Å². The molecule has 2 saturated carbocycles. The number of hydrogen-bond acceptors (Lipinski definition) is 1. The van der Waals surface area contributed by atoms with Gasteiger partial charge in [-0.2, -0.15) is 0 Å². The fourth-order valence-corrected chi connectivity index (χ4v) is 6.15. The van der Waals surface area contributed by atoms with Gasteiger partial charge < -0.3 is 0 Å². The molecular formula is C29H36Cl2O. The van der Waals surface area contributed by atoms with Crippen molar-refractivity contribution in [1.29, 1.82) is 0 Å². The molecule has 0 atom stereocenters. The Morgan fingerprint density at radius 2 is 0.938 bits per heavy atom. The van der Waals surface area contributed by atoms with Gasteiger partial charge in [-0.3, -0.25) is 4.79 Å². The van der Waals surface area contributed by atoms with Crippen LogP contribution < -0.4 is 0 Å². The summed E-state index contributed by atoms with van der Waals surface area (Å²) in [4.78, 5) is 12.5. The Bertz CT molecular complexity index is 770. The van der Waals surface area contributed by atoms with Crippen LogP contribution in [0.5, 0.6) is 0 Å². The smallest absolute Gasteiger partial charge is 0.132 e. The second-order valence-corrected chi connectivity index (χ2v) is 11.0. The van der Waals surface area contributed by atoms with Gasteiger partial charge >= 0.3 is 0 Å². The van der Waals surface area contributed by atoms with E-state index < -0.39 is 0 Å². The predicted molar refractivity (Wildman–Crippen MR) is 136 cm³/mol. The van der Waals surface area contributed by atoms with Crippen LogP contribution in [0.3, 0.4) is 0 Å². The highest BCUT2D eigenvalue weighted by atomic mass is 35.5.